The molecule has 13 aromatic rings. The van der Waals surface area contributed by atoms with Crippen molar-refractivity contribution in [3.63, 3.8) is 0 Å². The van der Waals surface area contributed by atoms with E-state index in [-0.39, 0.29) is 32.5 Å². The molecule has 0 unspecified atom stereocenters. The Balaban J connectivity index is 1.36. The molecule has 68 heavy (non-hydrogen) atoms. The Labute approximate surface area is 396 Å². The zero-order chi connectivity index (χ0) is 47.5. The van der Waals surface area contributed by atoms with E-state index in [1.165, 1.54) is 109 Å². The molecule has 2 heteroatoms. The van der Waals surface area contributed by atoms with Gasteiger partial charge in [-0.1, -0.05) is 204 Å². The molecule has 0 fully saturated rings. The molecular formula is C66H56O2. The molecule has 0 bridgehead atoms. The summed E-state index contributed by atoms with van der Waals surface area (Å²) in [6.45, 7) is 27.8. The normalized spacial score (nSPS) is 13.7. The molecule has 13 rings (SSSR count). The Bertz CT molecular complexity index is 4070. The number of rotatable bonds is 2. The minimum atomic E-state index is -0.0828. The van der Waals surface area contributed by atoms with Crippen LogP contribution in [-0.4, -0.2) is 0 Å². The first-order chi connectivity index (χ1) is 32.1. The van der Waals surface area contributed by atoms with Gasteiger partial charge in [0.1, 0.15) is 0 Å². The van der Waals surface area contributed by atoms with Crippen LogP contribution in [-0.2, 0) is 21.7 Å². The molecule has 0 N–H and O–H groups in total. The molecule has 0 aromatic heterocycles. The van der Waals surface area contributed by atoms with Crippen LogP contribution in [0.4, 0.5) is 0 Å². The average Bonchev–Trinajstić information content (AvgIpc) is 3.29. The van der Waals surface area contributed by atoms with Crippen LogP contribution in [0.5, 0.6) is 0 Å². The van der Waals surface area contributed by atoms with Crippen LogP contribution in [0.15, 0.2) is 131 Å². The summed E-state index contributed by atoms with van der Waals surface area (Å²) in [5.41, 5.74) is 9.58. The predicted octanol–water partition coefficient (Wildman–Crippen LogP) is 17.7. The topological polar surface area (TPSA) is 34.1 Å². The van der Waals surface area contributed by atoms with E-state index < -0.39 is 0 Å². The molecule has 0 saturated carbocycles. The van der Waals surface area contributed by atoms with Gasteiger partial charge in [-0.25, -0.2) is 0 Å². The summed E-state index contributed by atoms with van der Waals surface area (Å²) in [6.07, 6.45) is 0. The van der Waals surface area contributed by atoms with Gasteiger partial charge in [-0.2, -0.15) is 0 Å². The first kappa shape index (κ1) is 41.3. The lowest BCUT2D eigenvalue weighted by Crippen LogP contribution is -2.16. The van der Waals surface area contributed by atoms with Crippen LogP contribution in [0, 0.1) is 0 Å². The predicted molar refractivity (Wildman–Crippen MR) is 296 cm³/mol. The molecule has 0 aliphatic heterocycles. The van der Waals surface area contributed by atoms with Gasteiger partial charge in [-0.05, 0) is 152 Å². The first-order valence-electron chi connectivity index (χ1n) is 24.5. The smallest absolute Gasteiger partial charge is 0.195 e. The lowest BCUT2D eigenvalue weighted by atomic mass is 9.73. The lowest BCUT2D eigenvalue weighted by molar-refractivity contribution is 0.568. The van der Waals surface area contributed by atoms with E-state index in [2.05, 4.69) is 180 Å². The van der Waals surface area contributed by atoms with Crippen molar-refractivity contribution in [2.75, 3.05) is 0 Å². The van der Waals surface area contributed by atoms with Gasteiger partial charge in [-0.15, -0.1) is 0 Å². The summed E-state index contributed by atoms with van der Waals surface area (Å²) in [7, 11) is 0. The average molecular weight is 881 g/mol. The highest BCUT2D eigenvalue weighted by Crippen LogP contribution is 2.58. The highest BCUT2D eigenvalue weighted by molar-refractivity contribution is 6.55. The molecule has 13 aromatic carbocycles. The largest absolute Gasteiger partial charge is 0.289 e. The second-order valence-corrected chi connectivity index (χ2v) is 24.3. The monoisotopic (exact) mass is 880 g/mol. The Morgan fingerprint density at radius 2 is 0.529 bits per heavy atom. The van der Waals surface area contributed by atoms with Gasteiger partial charge >= 0.3 is 0 Å². The quantitative estimate of drug-likeness (QED) is 0.128. The summed E-state index contributed by atoms with van der Waals surface area (Å²) in [5, 5.41) is 20.5. The van der Waals surface area contributed by atoms with Crippen LogP contribution in [0.2, 0.25) is 0 Å². The van der Waals surface area contributed by atoms with E-state index >= 15 is 9.59 Å². The fraction of sp³-hybridized carbons (Fsp3) is 0.242. The van der Waals surface area contributed by atoms with Crippen LogP contribution in [0.1, 0.15) is 105 Å². The van der Waals surface area contributed by atoms with Gasteiger partial charge in [0, 0.05) is 21.5 Å². The SMILES string of the molecule is CC(C)(C)c1cc(-c2c3cccc4c5cccc6c(-c7cc(C(C)(C)C)cc(C(C)(C)C)c7)c7ccc8c9c(=O)c%10ccccc%10c(=O)c9c9ccc2c2c9c8c7c(c65)c2c34)cc(C(C)(C)C)c1. The molecule has 332 valence electrons. The van der Waals surface area contributed by atoms with Crippen molar-refractivity contribution in [1.29, 1.82) is 0 Å². The zero-order valence-electron chi connectivity index (χ0n) is 41.4. The summed E-state index contributed by atoms with van der Waals surface area (Å²) in [5.74, 6) is 0. The van der Waals surface area contributed by atoms with Gasteiger partial charge in [0.2, 0.25) is 0 Å². The highest BCUT2D eigenvalue weighted by Gasteiger charge is 2.32. The van der Waals surface area contributed by atoms with E-state index in [1.807, 2.05) is 24.3 Å². The Morgan fingerprint density at radius 1 is 0.250 bits per heavy atom. The third-order valence-electron chi connectivity index (χ3n) is 16.0. The second-order valence-electron chi connectivity index (χ2n) is 24.3. The Hall–Kier alpha value is -6.90. The molecule has 0 atom stereocenters. The van der Waals surface area contributed by atoms with Crippen molar-refractivity contribution in [1.82, 2.24) is 0 Å². The molecule has 0 aliphatic carbocycles. The van der Waals surface area contributed by atoms with E-state index in [0.29, 0.717) is 21.5 Å². The van der Waals surface area contributed by atoms with Crippen molar-refractivity contribution in [2.45, 2.75) is 105 Å². The van der Waals surface area contributed by atoms with Crippen molar-refractivity contribution in [3.05, 3.63) is 164 Å². The van der Waals surface area contributed by atoms with E-state index in [9.17, 15) is 0 Å². The highest BCUT2D eigenvalue weighted by atomic mass is 16.1. The summed E-state index contributed by atoms with van der Waals surface area (Å²) < 4.78 is 0. The Morgan fingerprint density at radius 3 is 0.868 bits per heavy atom. The number of hydrogen-bond acceptors (Lipinski definition) is 2. The minimum Gasteiger partial charge on any atom is -0.289 e. The Kier molecular flexibility index (Phi) is 7.89. The maximum absolute atomic E-state index is 15.2. The fourth-order valence-electron chi connectivity index (χ4n) is 12.4. The third-order valence-corrected chi connectivity index (χ3v) is 16.0. The maximum atomic E-state index is 15.2. The van der Waals surface area contributed by atoms with Gasteiger partial charge in [-0.3, -0.25) is 9.59 Å². The number of hydrogen-bond donors (Lipinski definition) is 0. The third kappa shape index (κ3) is 5.30. The van der Waals surface area contributed by atoms with Gasteiger partial charge in [0.15, 0.2) is 10.9 Å². The van der Waals surface area contributed by atoms with E-state index in [0.717, 1.165) is 21.5 Å². The fourth-order valence-corrected chi connectivity index (χ4v) is 12.4. The summed E-state index contributed by atoms with van der Waals surface area (Å²) >= 11 is 0. The van der Waals surface area contributed by atoms with Gasteiger partial charge in [0.05, 0.1) is 0 Å². The van der Waals surface area contributed by atoms with Gasteiger partial charge in [0.25, 0.3) is 0 Å². The van der Waals surface area contributed by atoms with Crippen LogP contribution < -0.4 is 10.9 Å². The summed E-state index contributed by atoms with van der Waals surface area (Å²) in [6, 6.07) is 44.8. The molecule has 0 amide bonds. The number of benzene rings is 13. The second kappa shape index (κ2) is 13.0. The molecule has 0 spiro atoms. The zero-order valence-corrected chi connectivity index (χ0v) is 41.4. The molecule has 0 saturated heterocycles. The molecule has 2 nitrogen and oxygen atoms in total. The first-order valence-corrected chi connectivity index (χ1v) is 24.5. The van der Waals surface area contributed by atoms with Crippen molar-refractivity contribution < 1.29 is 0 Å². The lowest BCUT2D eigenvalue weighted by Gasteiger charge is -2.30. The van der Waals surface area contributed by atoms with Crippen molar-refractivity contribution >= 4 is 108 Å². The summed E-state index contributed by atoms with van der Waals surface area (Å²) in [4.78, 5) is 30.4. The molecule has 0 aliphatic rings. The molecule has 0 heterocycles. The van der Waals surface area contributed by atoms with E-state index in [4.69, 9.17) is 0 Å². The maximum Gasteiger partial charge on any atom is 0.195 e. The number of fused-ring (bicyclic) bond motifs is 5. The minimum absolute atomic E-state index is 0.0818. The van der Waals surface area contributed by atoms with Gasteiger partial charge < -0.3 is 0 Å². The van der Waals surface area contributed by atoms with Crippen molar-refractivity contribution in [2.24, 2.45) is 0 Å². The van der Waals surface area contributed by atoms with Crippen LogP contribution in [0.25, 0.3) is 130 Å². The molecule has 0 radical (unpaired) electrons. The van der Waals surface area contributed by atoms with Crippen molar-refractivity contribution in [3.8, 4) is 22.3 Å². The van der Waals surface area contributed by atoms with Crippen LogP contribution in [0.3, 0.4) is 0 Å². The molecular weight excluding hydrogens is 825 g/mol. The van der Waals surface area contributed by atoms with E-state index in [1.54, 1.807) is 0 Å². The van der Waals surface area contributed by atoms with Crippen LogP contribution >= 0.6 is 0 Å². The standard InChI is InChI=1S/C66H56O2/c1-63(2,3)35-27-33(28-36(31-35)64(4,5)6)49-43-21-15-19-39-40-20-16-22-44-50(34-29-37(65(7,8)9)32-38(30-34)66(10,11)12)46-24-26-48-54-53-47(57-58(48)62(68)42-18-14-13-17-41(42)61(57)67)25-23-45(49)55(53)59(51(39)43)60(52(40)44)56(46)54/h13-32H,1-12H3.